The number of nitrogens with zero attached hydrogens (tertiary/aromatic N) is 2. The second-order valence-corrected chi connectivity index (χ2v) is 4.54. The van der Waals surface area contributed by atoms with Gasteiger partial charge in [0.05, 0.1) is 18.3 Å². The SMILES string of the molecule is CNc1ncc(Cl)c(NC2(C)CCOC2)n1. The average molecular weight is 243 g/mol. The summed E-state index contributed by atoms with van der Waals surface area (Å²) in [6.07, 6.45) is 2.53. The number of hydrogen-bond donors (Lipinski definition) is 2. The number of aromatic nitrogens is 2. The van der Waals surface area contributed by atoms with Crippen LogP contribution in [0.4, 0.5) is 11.8 Å². The van der Waals surface area contributed by atoms with Crippen molar-refractivity contribution in [2.75, 3.05) is 30.9 Å². The van der Waals surface area contributed by atoms with Crippen LogP contribution in [0.3, 0.4) is 0 Å². The van der Waals surface area contributed by atoms with E-state index in [-0.39, 0.29) is 5.54 Å². The van der Waals surface area contributed by atoms with Crippen molar-refractivity contribution < 1.29 is 4.74 Å². The molecule has 88 valence electrons. The van der Waals surface area contributed by atoms with Gasteiger partial charge in [0.2, 0.25) is 5.95 Å². The summed E-state index contributed by atoms with van der Waals surface area (Å²) in [5.41, 5.74) is -0.0942. The molecule has 16 heavy (non-hydrogen) atoms. The van der Waals surface area contributed by atoms with Crippen LogP contribution in [0.5, 0.6) is 0 Å². The lowest BCUT2D eigenvalue weighted by Crippen LogP contribution is -2.35. The number of ether oxygens (including phenoxy) is 1. The van der Waals surface area contributed by atoms with Crippen LogP contribution in [-0.2, 0) is 4.74 Å². The molecule has 1 aliphatic heterocycles. The third kappa shape index (κ3) is 2.36. The van der Waals surface area contributed by atoms with Gasteiger partial charge in [0.1, 0.15) is 5.02 Å². The van der Waals surface area contributed by atoms with Crippen molar-refractivity contribution in [3.63, 3.8) is 0 Å². The Bertz CT molecular complexity index is 379. The van der Waals surface area contributed by atoms with Crippen LogP contribution in [0.25, 0.3) is 0 Å². The van der Waals surface area contributed by atoms with Gasteiger partial charge in [0.15, 0.2) is 5.82 Å². The fourth-order valence-corrected chi connectivity index (χ4v) is 1.76. The van der Waals surface area contributed by atoms with Crippen LogP contribution in [-0.4, -0.2) is 35.8 Å². The van der Waals surface area contributed by atoms with E-state index in [0.717, 1.165) is 13.0 Å². The molecule has 0 saturated carbocycles. The maximum atomic E-state index is 6.04. The van der Waals surface area contributed by atoms with E-state index in [1.807, 2.05) is 0 Å². The van der Waals surface area contributed by atoms with Gasteiger partial charge in [-0.25, -0.2) is 4.98 Å². The van der Waals surface area contributed by atoms with Crippen molar-refractivity contribution in [1.29, 1.82) is 0 Å². The predicted molar refractivity (Wildman–Crippen MR) is 64.1 cm³/mol. The lowest BCUT2D eigenvalue weighted by molar-refractivity contribution is 0.185. The molecule has 0 aromatic carbocycles. The zero-order valence-corrected chi connectivity index (χ0v) is 10.1. The Morgan fingerprint density at radius 1 is 1.56 bits per heavy atom. The zero-order chi connectivity index (χ0) is 11.6. The molecule has 1 saturated heterocycles. The molecule has 0 bridgehead atoms. The first kappa shape index (κ1) is 11.4. The highest BCUT2D eigenvalue weighted by Gasteiger charge is 2.30. The van der Waals surface area contributed by atoms with E-state index in [2.05, 4.69) is 27.5 Å². The molecular formula is C10H15ClN4O. The molecule has 1 aromatic rings. The van der Waals surface area contributed by atoms with Gasteiger partial charge in [-0.1, -0.05) is 11.6 Å². The normalized spacial score (nSPS) is 24.4. The van der Waals surface area contributed by atoms with Crippen LogP contribution >= 0.6 is 11.6 Å². The second kappa shape index (κ2) is 4.43. The predicted octanol–water partition coefficient (Wildman–Crippen LogP) is 1.76. The number of rotatable bonds is 3. The Morgan fingerprint density at radius 3 is 3.00 bits per heavy atom. The quantitative estimate of drug-likeness (QED) is 0.846. The molecule has 1 aromatic heterocycles. The van der Waals surface area contributed by atoms with Gasteiger partial charge in [0, 0.05) is 13.7 Å². The van der Waals surface area contributed by atoms with Crippen molar-refractivity contribution in [2.24, 2.45) is 0 Å². The van der Waals surface area contributed by atoms with Crippen molar-refractivity contribution in [2.45, 2.75) is 18.9 Å². The molecule has 0 radical (unpaired) electrons. The van der Waals surface area contributed by atoms with Crippen molar-refractivity contribution in [3.05, 3.63) is 11.2 Å². The number of nitrogens with one attached hydrogen (secondary N) is 2. The van der Waals surface area contributed by atoms with Gasteiger partial charge in [0.25, 0.3) is 0 Å². The summed E-state index contributed by atoms with van der Waals surface area (Å²) in [4.78, 5) is 8.31. The minimum atomic E-state index is -0.0942. The molecule has 5 nitrogen and oxygen atoms in total. The van der Waals surface area contributed by atoms with Gasteiger partial charge in [-0.15, -0.1) is 0 Å². The highest BCUT2D eigenvalue weighted by atomic mass is 35.5. The Hall–Kier alpha value is -1.07. The van der Waals surface area contributed by atoms with Crippen molar-refractivity contribution in [3.8, 4) is 0 Å². The summed E-state index contributed by atoms with van der Waals surface area (Å²) in [7, 11) is 1.77. The number of hydrogen-bond acceptors (Lipinski definition) is 5. The molecule has 0 spiro atoms. The van der Waals surface area contributed by atoms with Gasteiger partial charge in [-0.05, 0) is 13.3 Å². The maximum absolute atomic E-state index is 6.04. The van der Waals surface area contributed by atoms with E-state index in [0.29, 0.717) is 23.4 Å². The third-order valence-electron chi connectivity index (χ3n) is 2.61. The van der Waals surface area contributed by atoms with Gasteiger partial charge >= 0.3 is 0 Å². The van der Waals surface area contributed by atoms with Crippen LogP contribution in [0.2, 0.25) is 5.02 Å². The summed E-state index contributed by atoms with van der Waals surface area (Å²) in [6.45, 7) is 3.53. The highest BCUT2D eigenvalue weighted by molar-refractivity contribution is 6.32. The van der Waals surface area contributed by atoms with E-state index >= 15 is 0 Å². The first-order chi connectivity index (χ1) is 7.63. The first-order valence-corrected chi connectivity index (χ1v) is 5.57. The molecule has 2 N–H and O–H groups in total. The Labute approximate surface area is 99.6 Å². The smallest absolute Gasteiger partial charge is 0.224 e. The summed E-state index contributed by atoms with van der Waals surface area (Å²) < 4.78 is 5.36. The second-order valence-electron chi connectivity index (χ2n) is 4.13. The molecule has 1 atom stereocenters. The van der Waals surface area contributed by atoms with Crippen LogP contribution in [0, 0.1) is 0 Å². The Balaban J connectivity index is 2.19. The number of anilines is 2. The maximum Gasteiger partial charge on any atom is 0.224 e. The molecular weight excluding hydrogens is 228 g/mol. The van der Waals surface area contributed by atoms with E-state index < -0.39 is 0 Å². The first-order valence-electron chi connectivity index (χ1n) is 5.19. The molecule has 1 unspecified atom stereocenters. The fourth-order valence-electron chi connectivity index (χ4n) is 1.63. The molecule has 1 fully saturated rings. The lowest BCUT2D eigenvalue weighted by Gasteiger charge is -2.24. The minimum Gasteiger partial charge on any atom is -0.379 e. The standard InChI is InChI=1S/C10H15ClN4O/c1-10(3-4-16-6-10)15-8-7(11)5-13-9(12-2)14-8/h5H,3-4,6H2,1-2H3,(H2,12,13,14,15). The van der Waals surface area contributed by atoms with Gasteiger partial charge < -0.3 is 15.4 Å². The van der Waals surface area contributed by atoms with E-state index in [4.69, 9.17) is 16.3 Å². The summed E-state index contributed by atoms with van der Waals surface area (Å²) >= 11 is 6.04. The minimum absolute atomic E-state index is 0.0942. The summed E-state index contributed by atoms with van der Waals surface area (Å²) in [6, 6.07) is 0. The highest BCUT2D eigenvalue weighted by Crippen LogP contribution is 2.27. The lowest BCUT2D eigenvalue weighted by atomic mass is 10.0. The topological polar surface area (TPSA) is 59.1 Å². The van der Waals surface area contributed by atoms with E-state index in [1.165, 1.54) is 0 Å². The molecule has 0 amide bonds. The molecule has 6 heteroatoms. The summed E-state index contributed by atoms with van der Waals surface area (Å²) in [5.74, 6) is 1.20. The Morgan fingerprint density at radius 2 is 2.38 bits per heavy atom. The monoisotopic (exact) mass is 242 g/mol. The summed E-state index contributed by atoms with van der Waals surface area (Å²) in [5, 5.41) is 6.71. The third-order valence-corrected chi connectivity index (χ3v) is 2.88. The van der Waals surface area contributed by atoms with Crippen molar-refractivity contribution >= 4 is 23.4 Å². The van der Waals surface area contributed by atoms with Gasteiger partial charge in [-0.3, -0.25) is 0 Å². The molecule has 2 rings (SSSR count). The van der Waals surface area contributed by atoms with E-state index in [9.17, 15) is 0 Å². The Kier molecular flexibility index (Phi) is 3.16. The zero-order valence-electron chi connectivity index (χ0n) is 9.38. The van der Waals surface area contributed by atoms with Crippen LogP contribution in [0.1, 0.15) is 13.3 Å². The van der Waals surface area contributed by atoms with Crippen LogP contribution in [0.15, 0.2) is 6.20 Å². The average Bonchev–Trinajstić information content (AvgIpc) is 2.68. The van der Waals surface area contributed by atoms with E-state index in [1.54, 1.807) is 13.2 Å². The molecule has 0 aliphatic carbocycles. The van der Waals surface area contributed by atoms with Crippen molar-refractivity contribution in [1.82, 2.24) is 9.97 Å². The van der Waals surface area contributed by atoms with Crippen LogP contribution < -0.4 is 10.6 Å². The largest absolute Gasteiger partial charge is 0.379 e. The molecule has 2 heterocycles. The fraction of sp³-hybridized carbons (Fsp3) is 0.600. The number of halogens is 1. The molecule has 1 aliphatic rings. The van der Waals surface area contributed by atoms with Gasteiger partial charge in [-0.2, -0.15) is 4.98 Å².